The Morgan fingerprint density at radius 1 is 1.26 bits per heavy atom. The lowest BCUT2D eigenvalue weighted by molar-refractivity contribution is -0.121. The standard InChI is InChI=1S/C19H17FN2O4S/c1-26-15-7-5-14(6-8-15)22-18(24)10-16(19(22)25)27-11-17(23)21-13-4-2-3-12(20)9-13/h2-9,16H,10-11H2,1H3,(H,21,23). The summed E-state index contributed by atoms with van der Waals surface area (Å²) in [6.07, 6.45) is 0.0305. The first-order chi connectivity index (χ1) is 13.0. The van der Waals surface area contributed by atoms with Crippen LogP contribution in [0, 0.1) is 5.82 Å². The molecule has 27 heavy (non-hydrogen) atoms. The van der Waals surface area contributed by atoms with Gasteiger partial charge in [0.15, 0.2) is 0 Å². The van der Waals surface area contributed by atoms with Crippen LogP contribution in [0.4, 0.5) is 15.8 Å². The van der Waals surface area contributed by atoms with Crippen molar-refractivity contribution in [3.05, 3.63) is 54.3 Å². The van der Waals surface area contributed by atoms with Gasteiger partial charge >= 0.3 is 0 Å². The molecule has 0 bridgehead atoms. The summed E-state index contributed by atoms with van der Waals surface area (Å²) >= 11 is 1.09. The van der Waals surface area contributed by atoms with Crippen molar-refractivity contribution in [1.82, 2.24) is 0 Å². The minimum absolute atomic E-state index is 0.0172. The molecule has 1 heterocycles. The number of halogens is 1. The lowest BCUT2D eigenvalue weighted by Crippen LogP contribution is -2.31. The molecule has 6 nitrogen and oxygen atoms in total. The van der Waals surface area contributed by atoms with E-state index < -0.39 is 11.1 Å². The third-order valence-electron chi connectivity index (χ3n) is 3.96. The average molecular weight is 388 g/mol. The monoisotopic (exact) mass is 388 g/mol. The molecule has 0 radical (unpaired) electrons. The van der Waals surface area contributed by atoms with Gasteiger partial charge in [-0.2, -0.15) is 0 Å². The van der Waals surface area contributed by atoms with E-state index >= 15 is 0 Å². The number of rotatable bonds is 6. The number of hydrogen-bond donors (Lipinski definition) is 1. The Morgan fingerprint density at radius 2 is 2.00 bits per heavy atom. The summed E-state index contributed by atoms with van der Waals surface area (Å²) in [6, 6.07) is 12.2. The maximum atomic E-state index is 13.1. The molecule has 140 valence electrons. The van der Waals surface area contributed by atoms with Crippen LogP contribution in [0.2, 0.25) is 0 Å². The van der Waals surface area contributed by atoms with E-state index in [0.29, 0.717) is 17.1 Å². The van der Waals surface area contributed by atoms with Crippen LogP contribution in [0.3, 0.4) is 0 Å². The molecule has 1 unspecified atom stereocenters. The summed E-state index contributed by atoms with van der Waals surface area (Å²) in [5.74, 6) is -0.878. The normalized spacial score (nSPS) is 16.5. The summed E-state index contributed by atoms with van der Waals surface area (Å²) in [7, 11) is 1.53. The molecule has 1 aliphatic rings. The molecule has 0 aromatic heterocycles. The van der Waals surface area contributed by atoms with Crippen LogP contribution < -0.4 is 15.0 Å². The molecule has 3 amide bonds. The van der Waals surface area contributed by atoms with Gasteiger partial charge in [-0.1, -0.05) is 6.07 Å². The summed E-state index contributed by atoms with van der Waals surface area (Å²) in [5, 5.41) is 1.94. The quantitative estimate of drug-likeness (QED) is 0.770. The summed E-state index contributed by atoms with van der Waals surface area (Å²) in [4.78, 5) is 37.9. The number of amides is 3. The van der Waals surface area contributed by atoms with Crippen molar-refractivity contribution in [1.29, 1.82) is 0 Å². The molecule has 2 aromatic carbocycles. The van der Waals surface area contributed by atoms with E-state index in [4.69, 9.17) is 4.74 Å². The Balaban J connectivity index is 1.58. The number of carbonyl (C=O) groups excluding carboxylic acids is 3. The number of imide groups is 1. The predicted octanol–water partition coefficient (Wildman–Crippen LogP) is 2.84. The molecule has 3 rings (SSSR count). The van der Waals surface area contributed by atoms with Crippen molar-refractivity contribution >= 4 is 40.9 Å². The number of anilines is 2. The highest BCUT2D eigenvalue weighted by atomic mass is 32.2. The summed E-state index contributed by atoms with van der Waals surface area (Å²) in [5.41, 5.74) is 0.812. The highest BCUT2D eigenvalue weighted by Crippen LogP contribution is 2.30. The smallest absolute Gasteiger partial charge is 0.247 e. The second kappa shape index (κ2) is 8.22. The minimum Gasteiger partial charge on any atom is -0.497 e. The first-order valence-electron chi connectivity index (χ1n) is 8.16. The molecule has 2 aromatic rings. The molecule has 1 saturated heterocycles. The van der Waals surface area contributed by atoms with Gasteiger partial charge in [0, 0.05) is 12.1 Å². The zero-order valence-corrected chi connectivity index (χ0v) is 15.3. The largest absolute Gasteiger partial charge is 0.497 e. The summed E-state index contributed by atoms with van der Waals surface area (Å²) in [6.45, 7) is 0. The number of nitrogens with one attached hydrogen (secondary N) is 1. The molecule has 0 spiro atoms. The third-order valence-corrected chi connectivity index (χ3v) is 5.16. The van der Waals surface area contributed by atoms with Gasteiger partial charge < -0.3 is 10.1 Å². The van der Waals surface area contributed by atoms with E-state index in [1.165, 1.54) is 25.3 Å². The number of carbonyl (C=O) groups is 3. The Morgan fingerprint density at radius 3 is 2.67 bits per heavy atom. The van der Waals surface area contributed by atoms with Crippen LogP contribution in [0.5, 0.6) is 5.75 Å². The van der Waals surface area contributed by atoms with Crippen molar-refractivity contribution in [2.24, 2.45) is 0 Å². The van der Waals surface area contributed by atoms with Gasteiger partial charge in [-0.25, -0.2) is 9.29 Å². The zero-order chi connectivity index (χ0) is 19.4. The van der Waals surface area contributed by atoms with Crippen LogP contribution >= 0.6 is 11.8 Å². The fourth-order valence-corrected chi connectivity index (χ4v) is 3.61. The maximum absolute atomic E-state index is 13.1. The average Bonchev–Trinajstić information content (AvgIpc) is 2.94. The lowest BCUT2D eigenvalue weighted by atomic mass is 10.3. The fraction of sp³-hybridized carbons (Fsp3) is 0.211. The van der Waals surface area contributed by atoms with E-state index in [-0.39, 0.29) is 29.9 Å². The second-order valence-corrected chi connectivity index (χ2v) is 7.02. The van der Waals surface area contributed by atoms with Crippen LogP contribution in [0.1, 0.15) is 6.42 Å². The number of methoxy groups -OCH3 is 1. The third kappa shape index (κ3) is 4.46. The molecule has 1 aliphatic heterocycles. The number of hydrogen-bond acceptors (Lipinski definition) is 5. The van der Waals surface area contributed by atoms with Crippen LogP contribution in [-0.2, 0) is 14.4 Å². The zero-order valence-electron chi connectivity index (χ0n) is 14.5. The highest BCUT2D eigenvalue weighted by molar-refractivity contribution is 8.01. The SMILES string of the molecule is COc1ccc(N2C(=O)CC(SCC(=O)Nc3cccc(F)c3)C2=O)cc1. The Labute approximate surface area is 159 Å². The fourth-order valence-electron chi connectivity index (χ4n) is 2.68. The highest BCUT2D eigenvalue weighted by Gasteiger charge is 2.40. The minimum atomic E-state index is -0.627. The van der Waals surface area contributed by atoms with Gasteiger partial charge in [0.05, 0.1) is 23.8 Å². The van der Waals surface area contributed by atoms with E-state index in [2.05, 4.69) is 5.32 Å². The van der Waals surface area contributed by atoms with E-state index in [1.807, 2.05) is 0 Å². The maximum Gasteiger partial charge on any atom is 0.247 e. The van der Waals surface area contributed by atoms with Crippen LogP contribution in [0.25, 0.3) is 0 Å². The van der Waals surface area contributed by atoms with E-state index in [0.717, 1.165) is 16.7 Å². The van der Waals surface area contributed by atoms with Gasteiger partial charge in [-0.3, -0.25) is 14.4 Å². The molecule has 0 aliphatic carbocycles. The topological polar surface area (TPSA) is 75.7 Å². The first kappa shape index (κ1) is 18.9. The van der Waals surface area contributed by atoms with Crippen LogP contribution in [-0.4, -0.2) is 35.8 Å². The van der Waals surface area contributed by atoms with Gasteiger partial charge in [0.1, 0.15) is 11.6 Å². The number of nitrogens with zero attached hydrogens (tertiary/aromatic N) is 1. The van der Waals surface area contributed by atoms with E-state index in [9.17, 15) is 18.8 Å². The first-order valence-corrected chi connectivity index (χ1v) is 9.20. The number of ether oxygens (including phenoxy) is 1. The molecule has 1 N–H and O–H groups in total. The molecule has 1 atom stereocenters. The van der Waals surface area contributed by atoms with Crippen molar-refractivity contribution in [2.75, 3.05) is 23.1 Å². The van der Waals surface area contributed by atoms with Gasteiger partial charge in [0.2, 0.25) is 17.7 Å². The molecule has 8 heteroatoms. The summed E-state index contributed by atoms with van der Waals surface area (Å²) < 4.78 is 18.2. The molecular weight excluding hydrogens is 371 g/mol. The van der Waals surface area contributed by atoms with Crippen LogP contribution in [0.15, 0.2) is 48.5 Å². The Kier molecular flexibility index (Phi) is 5.75. The van der Waals surface area contributed by atoms with Crippen molar-refractivity contribution in [3.63, 3.8) is 0 Å². The van der Waals surface area contributed by atoms with Gasteiger partial charge in [-0.05, 0) is 42.5 Å². The van der Waals surface area contributed by atoms with Crippen molar-refractivity contribution < 1.29 is 23.5 Å². The van der Waals surface area contributed by atoms with Gasteiger partial charge in [-0.15, -0.1) is 11.8 Å². The second-order valence-electron chi connectivity index (χ2n) is 5.83. The van der Waals surface area contributed by atoms with Crippen molar-refractivity contribution in [2.45, 2.75) is 11.7 Å². The Bertz CT molecular complexity index is 872. The molecular formula is C19H17FN2O4S. The Hall–Kier alpha value is -2.87. The lowest BCUT2D eigenvalue weighted by Gasteiger charge is -2.15. The predicted molar refractivity (Wildman–Crippen MR) is 101 cm³/mol. The number of benzene rings is 2. The van der Waals surface area contributed by atoms with E-state index in [1.54, 1.807) is 30.3 Å². The van der Waals surface area contributed by atoms with Crippen molar-refractivity contribution in [3.8, 4) is 5.75 Å². The molecule has 0 saturated carbocycles. The van der Waals surface area contributed by atoms with Gasteiger partial charge in [0.25, 0.3) is 0 Å². The number of thioether (sulfide) groups is 1. The molecule has 1 fully saturated rings.